The highest BCUT2D eigenvalue weighted by atomic mass is 35.5. The van der Waals surface area contributed by atoms with Crippen LogP contribution >= 0.6 is 22.9 Å². The lowest BCUT2D eigenvalue weighted by molar-refractivity contribution is -0.119. The van der Waals surface area contributed by atoms with Crippen LogP contribution in [0.5, 0.6) is 11.5 Å². The van der Waals surface area contributed by atoms with Gasteiger partial charge in [0.05, 0.1) is 23.3 Å². The molecule has 34 heavy (non-hydrogen) atoms. The number of aryl methyl sites for hydroxylation is 1. The standard InChI is InChI=1S/C24H20ClNO7S/c1-13-16(9-14-7-8-18-19(10-14)33-12-32-18)21(24(29)30-2)22(34-13)26-20(27)11-31-23(28)15-5-3-4-6-17(15)25/h3-8,10H,9,11-12H2,1-2H3,(H,26,27). The minimum atomic E-state index is -0.722. The van der Waals surface area contributed by atoms with Gasteiger partial charge in [-0.1, -0.05) is 29.8 Å². The van der Waals surface area contributed by atoms with E-state index in [2.05, 4.69) is 5.32 Å². The molecule has 0 saturated carbocycles. The van der Waals surface area contributed by atoms with E-state index in [1.807, 2.05) is 25.1 Å². The maximum absolute atomic E-state index is 12.6. The van der Waals surface area contributed by atoms with Crippen molar-refractivity contribution in [3.05, 3.63) is 74.6 Å². The van der Waals surface area contributed by atoms with E-state index in [-0.39, 0.29) is 22.9 Å². The number of halogens is 1. The van der Waals surface area contributed by atoms with Crippen molar-refractivity contribution in [3.63, 3.8) is 0 Å². The number of carbonyl (C=O) groups excluding carboxylic acids is 3. The number of hydrogen-bond donors (Lipinski definition) is 1. The minimum Gasteiger partial charge on any atom is -0.465 e. The van der Waals surface area contributed by atoms with Crippen LogP contribution in [-0.4, -0.2) is 38.4 Å². The van der Waals surface area contributed by atoms with E-state index in [1.165, 1.54) is 24.5 Å². The lowest BCUT2D eigenvalue weighted by Gasteiger charge is -2.09. The Bertz CT molecular complexity index is 1270. The van der Waals surface area contributed by atoms with Crippen LogP contribution in [-0.2, 0) is 20.7 Å². The van der Waals surface area contributed by atoms with Crippen LogP contribution in [0.3, 0.4) is 0 Å². The Kier molecular flexibility index (Phi) is 7.04. The van der Waals surface area contributed by atoms with Gasteiger partial charge in [0.15, 0.2) is 18.1 Å². The number of fused-ring (bicyclic) bond motifs is 1. The van der Waals surface area contributed by atoms with Gasteiger partial charge < -0.3 is 24.3 Å². The lowest BCUT2D eigenvalue weighted by atomic mass is 10.0. The van der Waals surface area contributed by atoms with Gasteiger partial charge in [-0.2, -0.15) is 0 Å². The van der Waals surface area contributed by atoms with E-state index in [0.29, 0.717) is 22.9 Å². The number of carbonyl (C=O) groups is 3. The first kappa shape index (κ1) is 23.6. The number of anilines is 1. The number of benzene rings is 2. The van der Waals surface area contributed by atoms with Crippen LogP contribution in [0, 0.1) is 6.92 Å². The fourth-order valence-corrected chi connectivity index (χ4v) is 4.74. The van der Waals surface area contributed by atoms with Crippen molar-refractivity contribution in [1.29, 1.82) is 0 Å². The number of hydrogen-bond acceptors (Lipinski definition) is 8. The highest BCUT2D eigenvalue weighted by Gasteiger charge is 2.25. The Balaban J connectivity index is 1.50. The SMILES string of the molecule is COC(=O)c1c(NC(=O)COC(=O)c2ccccc2Cl)sc(C)c1Cc1ccc2c(c1)OCO2. The molecule has 2 heterocycles. The summed E-state index contributed by atoms with van der Waals surface area (Å²) in [7, 11) is 1.27. The van der Waals surface area contributed by atoms with Crippen molar-refractivity contribution in [3.8, 4) is 11.5 Å². The summed E-state index contributed by atoms with van der Waals surface area (Å²) in [6, 6.07) is 11.9. The molecule has 0 bridgehead atoms. The number of ether oxygens (including phenoxy) is 4. The van der Waals surface area contributed by atoms with Gasteiger partial charge in [-0.15, -0.1) is 11.3 Å². The summed E-state index contributed by atoms with van der Waals surface area (Å²) in [5.41, 5.74) is 2.04. The molecule has 0 aliphatic carbocycles. The maximum atomic E-state index is 12.6. The van der Waals surface area contributed by atoms with E-state index in [0.717, 1.165) is 16.0 Å². The molecule has 176 valence electrons. The Morgan fingerprint density at radius 2 is 1.85 bits per heavy atom. The molecular weight excluding hydrogens is 482 g/mol. The third-order valence-electron chi connectivity index (χ3n) is 5.10. The van der Waals surface area contributed by atoms with Gasteiger partial charge in [-0.05, 0) is 48.7 Å². The molecule has 4 rings (SSSR count). The zero-order valence-corrected chi connectivity index (χ0v) is 19.9. The summed E-state index contributed by atoms with van der Waals surface area (Å²) in [5.74, 6) is -0.596. The van der Waals surface area contributed by atoms with E-state index >= 15 is 0 Å². The molecule has 0 unspecified atom stereocenters. The lowest BCUT2D eigenvalue weighted by Crippen LogP contribution is -2.22. The number of methoxy groups -OCH3 is 1. The van der Waals surface area contributed by atoms with Gasteiger partial charge in [0.1, 0.15) is 5.00 Å². The zero-order chi connectivity index (χ0) is 24.2. The van der Waals surface area contributed by atoms with Gasteiger partial charge >= 0.3 is 11.9 Å². The first-order chi connectivity index (χ1) is 16.4. The predicted octanol–water partition coefficient (Wildman–Crippen LogP) is 4.61. The minimum absolute atomic E-state index is 0.158. The fraction of sp³-hybridized carbons (Fsp3) is 0.208. The smallest absolute Gasteiger partial charge is 0.341 e. The molecule has 1 amide bonds. The topological polar surface area (TPSA) is 100 Å². The van der Waals surface area contributed by atoms with Crippen molar-refractivity contribution < 1.29 is 33.3 Å². The quantitative estimate of drug-likeness (QED) is 0.472. The fourth-order valence-electron chi connectivity index (χ4n) is 3.45. The monoisotopic (exact) mass is 501 g/mol. The molecule has 0 atom stereocenters. The third kappa shape index (κ3) is 5.00. The summed E-state index contributed by atoms with van der Waals surface area (Å²) < 4.78 is 20.8. The zero-order valence-electron chi connectivity index (χ0n) is 18.3. The van der Waals surface area contributed by atoms with Crippen LogP contribution in [0.1, 0.15) is 36.7 Å². The molecule has 0 saturated heterocycles. The molecule has 2 aromatic carbocycles. The van der Waals surface area contributed by atoms with Gasteiger partial charge in [0, 0.05) is 4.88 Å². The summed E-state index contributed by atoms with van der Waals surface area (Å²) >= 11 is 7.23. The van der Waals surface area contributed by atoms with Crippen molar-refractivity contribution in [2.24, 2.45) is 0 Å². The third-order valence-corrected chi connectivity index (χ3v) is 6.49. The van der Waals surface area contributed by atoms with Crippen LogP contribution in [0.15, 0.2) is 42.5 Å². The first-order valence-electron chi connectivity index (χ1n) is 10.2. The molecule has 10 heteroatoms. The van der Waals surface area contributed by atoms with Gasteiger partial charge in [0.2, 0.25) is 6.79 Å². The van der Waals surface area contributed by atoms with Gasteiger partial charge in [0.25, 0.3) is 5.91 Å². The van der Waals surface area contributed by atoms with Crippen LogP contribution in [0.25, 0.3) is 0 Å². The van der Waals surface area contributed by atoms with Crippen LogP contribution in [0.4, 0.5) is 5.00 Å². The largest absolute Gasteiger partial charge is 0.465 e. The molecule has 3 aromatic rings. The predicted molar refractivity (Wildman–Crippen MR) is 126 cm³/mol. The van der Waals surface area contributed by atoms with Crippen molar-refractivity contribution in [1.82, 2.24) is 0 Å². The Hall–Kier alpha value is -3.56. The molecular formula is C24H20ClNO7S. The Morgan fingerprint density at radius 1 is 1.09 bits per heavy atom. The van der Waals surface area contributed by atoms with Gasteiger partial charge in [-0.3, -0.25) is 4.79 Å². The molecule has 1 N–H and O–H groups in total. The molecule has 0 radical (unpaired) electrons. The van der Waals surface area contributed by atoms with E-state index in [9.17, 15) is 14.4 Å². The number of amides is 1. The normalized spacial score (nSPS) is 11.7. The van der Waals surface area contributed by atoms with Crippen molar-refractivity contribution in [2.45, 2.75) is 13.3 Å². The molecule has 1 aromatic heterocycles. The second-order valence-electron chi connectivity index (χ2n) is 7.30. The van der Waals surface area contributed by atoms with E-state index < -0.39 is 24.5 Å². The van der Waals surface area contributed by atoms with E-state index in [1.54, 1.807) is 18.2 Å². The average Bonchev–Trinajstić information content (AvgIpc) is 3.41. The highest BCUT2D eigenvalue weighted by Crippen LogP contribution is 2.37. The molecule has 1 aliphatic rings. The van der Waals surface area contributed by atoms with Crippen LogP contribution in [0.2, 0.25) is 5.02 Å². The van der Waals surface area contributed by atoms with Crippen LogP contribution < -0.4 is 14.8 Å². The first-order valence-corrected chi connectivity index (χ1v) is 11.4. The summed E-state index contributed by atoms with van der Waals surface area (Å²) in [6.07, 6.45) is 0.417. The second-order valence-corrected chi connectivity index (χ2v) is 8.93. The van der Waals surface area contributed by atoms with Crippen molar-refractivity contribution in [2.75, 3.05) is 25.8 Å². The van der Waals surface area contributed by atoms with Crippen molar-refractivity contribution >= 4 is 45.8 Å². The summed E-state index contributed by atoms with van der Waals surface area (Å²) in [4.78, 5) is 38.2. The number of nitrogens with one attached hydrogen (secondary N) is 1. The molecule has 1 aliphatic heterocycles. The molecule has 0 fully saturated rings. The van der Waals surface area contributed by atoms with E-state index in [4.69, 9.17) is 30.5 Å². The summed E-state index contributed by atoms with van der Waals surface area (Å²) in [6.45, 7) is 1.48. The summed E-state index contributed by atoms with van der Waals surface area (Å²) in [5, 5.41) is 3.20. The Morgan fingerprint density at radius 3 is 2.62 bits per heavy atom. The number of esters is 2. The number of thiophene rings is 1. The molecule has 0 spiro atoms. The number of rotatable bonds is 7. The van der Waals surface area contributed by atoms with Gasteiger partial charge in [-0.25, -0.2) is 9.59 Å². The second kappa shape index (κ2) is 10.1. The Labute approximate surface area is 204 Å². The average molecular weight is 502 g/mol. The maximum Gasteiger partial charge on any atom is 0.341 e. The highest BCUT2D eigenvalue weighted by molar-refractivity contribution is 7.16. The molecule has 8 nitrogen and oxygen atoms in total.